The van der Waals surface area contributed by atoms with Crippen LogP contribution in [0.2, 0.25) is 0 Å². The first-order valence-electron chi connectivity index (χ1n) is 9.04. The summed E-state index contributed by atoms with van der Waals surface area (Å²) in [6.45, 7) is 3.89. The lowest BCUT2D eigenvalue weighted by Crippen LogP contribution is -2.41. The van der Waals surface area contributed by atoms with Gasteiger partial charge in [-0.1, -0.05) is 30.3 Å². The predicted molar refractivity (Wildman–Crippen MR) is 109 cm³/mol. The highest BCUT2D eigenvalue weighted by molar-refractivity contribution is 6.13. The Labute approximate surface area is 163 Å². The number of fused-ring (bicyclic) bond motifs is 1. The number of aryl methyl sites for hydroxylation is 1. The number of amides is 2. The lowest BCUT2D eigenvalue weighted by molar-refractivity contribution is -0.119. The maximum absolute atomic E-state index is 12.8. The highest BCUT2D eigenvalue weighted by atomic mass is 16.2. The first kappa shape index (κ1) is 17.7. The summed E-state index contributed by atoms with van der Waals surface area (Å²) in [5, 5.41) is 7.38. The SMILES string of the molecule is Cc1nn(-c2ccccc2)c(C)c1/C=C/C(=O)N1CC(=O)Nc2ccccc21. The molecule has 0 aliphatic carbocycles. The average Bonchev–Trinajstić information content (AvgIpc) is 2.99. The molecule has 140 valence electrons. The van der Waals surface area contributed by atoms with Crippen LogP contribution in [0.4, 0.5) is 11.4 Å². The van der Waals surface area contributed by atoms with Gasteiger partial charge in [-0.25, -0.2) is 4.68 Å². The van der Waals surface area contributed by atoms with Gasteiger partial charge < -0.3 is 5.32 Å². The Morgan fingerprint density at radius 1 is 1.07 bits per heavy atom. The van der Waals surface area contributed by atoms with Gasteiger partial charge in [0.05, 0.1) is 22.8 Å². The zero-order valence-electron chi connectivity index (χ0n) is 15.7. The van der Waals surface area contributed by atoms with Crippen LogP contribution in [0.3, 0.4) is 0 Å². The van der Waals surface area contributed by atoms with Crippen LogP contribution in [0.25, 0.3) is 11.8 Å². The minimum atomic E-state index is -0.242. The molecule has 0 spiro atoms. The number of carbonyl (C=O) groups excluding carboxylic acids is 2. The molecule has 0 fully saturated rings. The summed E-state index contributed by atoms with van der Waals surface area (Å²) < 4.78 is 1.86. The molecule has 3 aromatic rings. The normalized spacial score (nSPS) is 13.5. The monoisotopic (exact) mass is 372 g/mol. The van der Waals surface area contributed by atoms with Crippen molar-refractivity contribution in [2.45, 2.75) is 13.8 Å². The minimum absolute atomic E-state index is 0.00142. The number of benzene rings is 2. The molecular weight excluding hydrogens is 352 g/mol. The number of carbonyl (C=O) groups is 2. The standard InChI is InChI=1S/C22H20N4O2/c1-15-18(16(2)26(24-15)17-8-4-3-5-9-17)12-13-22(28)25-14-21(27)23-19-10-6-7-11-20(19)25/h3-13H,14H2,1-2H3,(H,23,27)/b13-12+. The number of rotatable bonds is 3. The summed E-state index contributed by atoms with van der Waals surface area (Å²) in [7, 11) is 0. The van der Waals surface area contributed by atoms with Gasteiger partial charge in [0.1, 0.15) is 6.54 Å². The molecule has 28 heavy (non-hydrogen) atoms. The van der Waals surface area contributed by atoms with Crippen molar-refractivity contribution in [1.82, 2.24) is 9.78 Å². The van der Waals surface area contributed by atoms with Crippen LogP contribution in [0.5, 0.6) is 0 Å². The quantitative estimate of drug-likeness (QED) is 0.716. The van der Waals surface area contributed by atoms with E-state index in [0.29, 0.717) is 11.4 Å². The fraction of sp³-hybridized carbons (Fsp3) is 0.136. The van der Waals surface area contributed by atoms with Gasteiger partial charge in [0.2, 0.25) is 5.91 Å². The number of nitrogens with zero attached hydrogens (tertiary/aromatic N) is 3. The van der Waals surface area contributed by atoms with Gasteiger partial charge >= 0.3 is 0 Å². The molecule has 0 radical (unpaired) electrons. The zero-order chi connectivity index (χ0) is 19.7. The van der Waals surface area contributed by atoms with E-state index in [1.807, 2.05) is 67.1 Å². The first-order valence-corrected chi connectivity index (χ1v) is 9.04. The minimum Gasteiger partial charge on any atom is -0.323 e. The van der Waals surface area contributed by atoms with E-state index in [9.17, 15) is 9.59 Å². The number of para-hydroxylation sites is 3. The predicted octanol–water partition coefficient (Wildman–Crippen LogP) is 3.49. The average molecular weight is 372 g/mol. The molecule has 2 amide bonds. The van der Waals surface area contributed by atoms with Gasteiger partial charge in [-0.15, -0.1) is 0 Å². The Bertz CT molecular complexity index is 1080. The molecular formula is C22H20N4O2. The molecule has 6 nitrogen and oxygen atoms in total. The van der Waals surface area contributed by atoms with Gasteiger partial charge in [-0.2, -0.15) is 5.10 Å². The van der Waals surface area contributed by atoms with E-state index in [1.54, 1.807) is 12.1 Å². The topological polar surface area (TPSA) is 67.2 Å². The molecule has 0 saturated heterocycles. The van der Waals surface area contributed by atoms with Crippen molar-refractivity contribution >= 4 is 29.3 Å². The third kappa shape index (κ3) is 3.20. The molecule has 0 bridgehead atoms. The van der Waals surface area contributed by atoms with E-state index >= 15 is 0 Å². The van der Waals surface area contributed by atoms with E-state index in [-0.39, 0.29) is 18.4 Å². The van der Waals surface area contributed by atoms with Crippen molar-refractivity contribution in [2.24, 2.45) is 0 Å². The van der Waals surface area contributed by atoms with Crippen molar-refractivity contribution in [3.05, 3.63) is 77.6 Å². The summed E-state index contributed by atoms with van der Waals surface area (Å²) in [6.07, 6.45) is 3.27. The fourth-order valence-electron chi connectivity index (χ4n) is 3.39. The van der Waals surface area contributed by atoms with Crippen LogP contribution in [0.1, 0.15) is 17.0 Å². The van der Waals surface area contributed by atoms with Crippen LogP contribution in [-0.4, -0.2) is 28.1 Å². The van der Waals surface area contributed by atoms with E-state index in [2.05, 4.69) is 10.4 Å². The molecule has 1 N–H and O–H groups in total. The van der Waals surface area contributed by atoms with Crippen LogP contribution in [0.15, 0.2) is 60.7 Å². The summed E-state index contributed by atoms with van der Waals surface area (Å²) in [4.78, 5) is 26.2. The highest BCUT2D eigenvalue weighted by Gasteiger charge is 2.25. The highest BCUT2D eigenvalue weighted by Crippen LogP contribution is 2.29. The van der Waals surface area contributed by atoms with Crippen LogP contribution >= 0.6 is 0 Å². The third-order valence-corrected chi connectivity index (χ3v) is 4.78. The first-order chi connectivity index (χ1) is 13.5. The summed E-state index contributed by atoms with van der Waals surface area (Å²) in [5.74, 6) is -0.446. The van der Waals surface area contributed by atoms with Gasteiger partial charge in [-0.05, 0) is 44.2 Å². The summed E-state index contributed by atoms with van der Waals surface area (Å²) >= 11 is 0. The lowest BCUT2D eigenvalue weighted by Gasteiger charge is -2.28. The second-order valence-electron chi connectivity index (χ2n) is 6.65. The van der Waals surface area contributed by atoms with Crippen molar-refractivity contribution in [3.63, 3.8) is 0 Å². The van der Waals surface area contributed by atoms with Crippen LogP contribution in [0, 0.1) is 13.8 Å². The molecule has 2 aromatic carbocycles. The lowest BCUT2D eigenvalue weighted by atomic mass is 10.1. The van der Waals surface area contributed by atoms with Crippen LogP contribution < -0.4 is 10.2 Å². The molecule has 1 aliphatic heterocycles. The molecule has 0 atom stereocenters. The molecule has 0 saturated carbocycles. The number of hydrogen-bond acceptors (Lipinski definition) is 3. The van der Waals surface area contributed by atoms with E-state index in [4.69, 9.17) is 0 Å². The molecule has 1 aliphatic rings. The number of nitrogens with one attached hydrogen (secondary N) is 1. The van der Waals surface area contributed by atoms with Crippen molar-refractivity contribution < 1.29 is 9.59 Å². The van der Waals surface area contributed by atoms with Gasteiger partial charge in [0.15, 0.2) is 0 Å². The smallest absolute Gasteiger partial charge is 0.251 e. The third-order valence-electron chi connectivity index (χ3n) is 4.78. The number of aromatic nitrogens is 2. The maximum atomic E-state index is 12.8. The van der Waals surface area contributed by atoms with Crippen molar-refractivity contribution in [1.29, 1.82) is 0 Å². The molecule has 0 unspecified atom stereocenters. The molecule has 2 heterocycles. The largest absolute Gasteiger partial charge is 0.323 e. The van der Waals surface area contributed by atoms with E-state index in [1.165, 1.54) is 11.0 Å². The summed E-state index contributed by atoms with van der Waals surface area (Å²) in [5.41, 5.74) is 4.99. The molecule has 6 heteroatoms. The second kappa shape index (κ2) is 7.15. The second-order valence-corrected chi connectivity index (χ2v) is 6.65. The molecule has 1 aromatic heterocycles. The van der Waals surface area contributed by atoms with Gasteiger partial charge in [-0.3, -0.25) is 14.5 Å². The Hall–Kier alpha value is -3.67. The van der Waals surface area contributed by atoms with Gasteiger partial charge in [0.25, 0.3) is 5.91 Å². The van der Waals surface area contributed by atoms with E-state index < -0.39 is 0 Å². The Kier molecular flexibility index (Phi) is 4.53. The van der Waals surface area contributed by atoms with Gasteiger partial charge in [0, 0.05) is 17.3 Å². The Morgan fingerprint density at radius 3 is 2.57 bits per heavy atom. The number of hydrogen-bond donors (Lipinski definition) is 1. The molecule has 4 rings (SSSR count). The van der Waals surface area contributed by atoms with Crippen LogP contribution in [-0.2, 0) is 9.59 Å². The number of anilines is 2. The Morgan fingerprint density at radius 2 is 1.79 bits per heavy atom. The Balaban J connectivity index is 1.63. The van der Waals surface area contributed by atoms with Crippen molar-refractivity contribution in [3.8, 4) is 5.69 Å². The van der Waals surface area contributed by atoms with E-state index in [0.717, 1.165) is 22.6 Å². The maximum Gasteiger partial charge on any atom is 0.251 e. The summed E-state index contributed by atoms with van der Waals surface area (Å²) in [6, 6.07) is 17.1. The fourth-order valence-corrected chi connectivity index (χ4v) is 3.39. The zero-order valence-corrected chi connectivity index (χ0v) is 15.7. The van der Waals surface area contributed by atoms with Crippen molar-refractivity contribution in [2.75, 3.05) is 16.8 Å².